The maximum atomic E-state index is 13.9. The number of nitrogens with one attached hydrogen (secondary N) is 1. The lowest BCUT2D eigenvalue weighted by Gasteiger charge is -2.27. The van der Waals surface area contributed by atoms with Crippen LogP contribution in [0.15, 0.2) is 30.6 Å². The van der Waals surface area contributed by atoms with Gasteiger partial charge in [-0.2, -0.15) is 0 Å². The normalized spacial score (nSPS) is 13.4. The Balaban J connectivity index is 1.51. The number of carbonyl (C=O) groups excluding carboxylic acids is 2. The smallest absolute Gasteiger partial charge is 0.295 e. The molecule has 0 saturated heterocycles. The van der Waals surface area contributed by atoms with Crippen molar-refractivity contribution in [2.24, 2.45) is 7.05 Å². The molecule has 5 rings (SSSR count). The molecule has 3 aromatic heterocycles. The highest BCUT2D eigenvalue weighted by Crippen LogP contribution is 2.34. The Kier molecular flexibility index (Phi) is 4.61. The Hall–Kier alpha value is -3.88. The molecule has 0 fully saturated rings. The quantitative estimate of drug-likeness (QED) is 0.392. The minimum absolute atomic E-state index is 0.192. The maximum absolute atomic E-state index is 13.9. The number of methoxy groups -OCH3 is 2. The van der Waals surface area contributed by atoms with Gasteiger partial charge in [-0.15, -0.1) is 0 Å². The Morgan fingerprint density at radius 3 is 2.78 bits per heavy atom. The summed E-state index contributed by atoms with van der Waals surface area (Å²) in [5, 5.41) is 1.21. The van der Waals surface area contributed by atoms with E-state index in [4.69, 9.17) is 9.47 Å². The average Bonchev–Trinajstić information content (AvgIpc) is 3.37. The van der Waals surface area contributed by atoms with Gasteiger partial charge in [0.1, 0.15) is 17.1 Å². The van der Waals surface area contributed by atoms with Crippen LogP contribution in [0.4, 0.5) is 4.39 Å². The molecular formula is C23H21FN4O4. The van der Waals surface area contributed by atoms with Crippen molar-refractivity contribution in [3.05, 3.63) is 53.2 Å². The lowest BCUT2D eigenvalue weighted by molar-refractivity contribution is -0.127. The lowest BCUT2D eigenvalue weighted by Crippen LogP contribution is -2.40. The predicted octanol–water partition coefficient (Wildman–Crippen LogP) is 2.98. The molecule has 1 amide bonds. The number of hydrogen-bond donors (Lipinski definition) is 1. The number of fused-ring (bicyclic) bond motifs is 4. The third-order valence-electron chi connectivity index (χ3n) is 6.14. The molecule has 1 aliphatic heterocycles. The van der Waals surface area contributed by atoms with Gasteiger partial charge in [0, 0.05) is 54.9 Å². The van der Waals surface area contributed by atoms with Gasteiger partial charge >= 0.3 is 0 Å². The number of ether oxygens (including phenoxy) is 2. The minimum Gasteiger partial charge on any atom is -0.494 e. The highest BCUT2D eigenvalue weighted by atomic mass is 19.1. The number of carbonyl (C=O) groups is 2. The average molecular weight is 436 g/mol. The summed E-state index contributed by atoms with van der Waals surface area (Å²) in [6, 6.07) is 4.64. The van der Waals surface area contributed by atoms with Crippen LogP contribution in [0.25, 0.3) is 21.8 Å². The SMILES string of the molecule is COc1ncc(OC)c2c(C(=O)C(=O)N3CCc4c(c5cc(F)ccc5n4C)C3)c[nH]c12. The van der Waals surface area contributed by atoms with E-state index >= 15 is 0 Å². The number of ketones is 1. The molecule has 164 valence electrons. The van der Waals surface area contributed by atoms with Gasteiger partial charge in [0.15, 0.2) is 0 Å². The molecule has 0 unspecified atom stereocenters. The van der Waals surface area contributed by atoms with Crippen LogP contribution >= 0.6 is 0 Å². The maximum Gasteiger partial charge on any atom is 0.295 e. The first-order chi connectivity index (χ1) is 15.4. The molecule has 1 N–H and O–H groups in total. The van der Waals surface area contributed by atoms with Gasteiger partial charge in [-0.3, -0.25) is 9.59 Å². The Morgan fingerprint density at radius 2 is 2.03 bits per heavy atom. The number of amides is 1. The number of aryl methyl sites for hydroxylation is 1. The highest BCUT2D eigenvalue weighted by molar-refractivity contribution is 6.45. The third-order valence-corrected chi connectivity index (χ3v) is 6.14. The van der Waals surface area contributed by atoms with Crippen LogP contribution in [0, 0.1) is 5.82 Å². The van der Waals surface area contributed by atoms with E-state index in [0.717, 1.165) is 22.2 Å². The number of Topliss-reactive ketones (excluding diaryl/α,β-unsaturated/α-hetero) is 1. The van der Waals surface area contributed by atoms with Gasteiger partial charge in [0.25, 0.3) is 11.7 Å². The minimum atomic E-state index is -0.655. The van der Waals surface area contributed by atoms with Gasteiger partial charge in [-0.1, -0.05) is 0 Å². The first kappa shape index (κ1) is 20.0. The number of halogens is 1. The molecule has 0 aliphatic carbocycles. The molecule has 0 radical (unpaired) electrons. The molecule has 32 heavy (non-hydrogen) atoms. The second-order valence-corrected chi connectivity index (χ2v) is 7.74. The molecule has 8 nitrogen and oxygen atoms in total. The summed E-state index contributed by atoms with van der Waals surface area (Å²) in [5.74, 6) is -0.948. The van der Waals surface area contributed by atoms with Gasteiger partial charge in [-0.25, -0.2) is 9.37 Å². The predicted molar refractivity (Wildman–Crippen MR) is 116 cm³/mol. The van der Waals surface area contributed by atoms with Crippen molar-refractivity contribution in [2.75, 3.05) is 20.8 Å². The van der Waals surface area contributed by atoms with Crippen molar-refractivity contribution in [1.29, 1.82) is 0 Å². The largest absolute Gasteiger partial charge is 0.494 e. The molecule has 1 aliphatic rings. The Bertz CT molecular complexity index is 1400. The molecule has 0 atom stereocenters. The molecule has 0 saturated carbocycles. The summed E-state index contributed by atoms with van der Waals surface area (Å²) in [6.07, 6.45) is 3.50. The Labute approximate surface area is 182 Å². The lowest BCUT2D eigenvalue weighted by atomic mass is 10.0. The number of rotatable bonds is 4. The van der Waals surface area contributed by atoms with E-state index in [0.29, 0.717) is 35.5 Å². The standard InChI is InChI=1S/C23H21FN4O4/c1-27-16-5-4-12(24)8-13(16)15-11-28(7-6-17(15)27)23(30)21(29)14-9-25-20-19(14)18(31-2)10-26-22(20)32-3/h4-5,8-10,25H,6-7,11H2,1-3H3. The van der Waals surface area contributed by atoms with Crippen LogP contribution in [-0.4, -0.2) is 51.9 Å². The molecule has 9 heteroatoms. The fourth-order valence-corrected chi connectivity index (χ4v) is 4.57. The van der Waals surface area contributed by atoms with Gasteiger partial charge in [0.05, 0.1) is 31.4 Å². The second-order valence-electron chi connectivity index (χ2n) is 7.74. The summed E-state index contributed by atoms with van der Waals surface area (Å²) < 4.78 is 26.5. The van der Waals surface area contributed by atoms with E-state index in [-0.39, 0.29) is 17.9 Å². The molecule has 1 aromatic carbocycles. The molecule has 4 aromatic rings. The third kappa shape index (κ3) is 2.84. The first-order valence-electron chi connectivity index (χ1n) is 10.1. The second kappa shape index (κ2) is 7.37. The van der Waals surface area contributed by atoms with Crippen molar-refractivity contribution in [1.82, 2.24) is 19.4 Å². The van der Waals surface area contributed by atoms with E-state index in [1.165, 1.54) is 43.6 Å². The van der Waals surface area contributed by atoms with Crippen LogP contribution in [0.1, 0.15) is 21.6 Å². The van der Waals surface area contributed by atoms with Gasteiger partial charge in [0.2, 0.25) is 5.88 Å². The van der Waals surface area contributed by atoms with Crippen molar-refractivity contribution in [2.45, 2.75) is 13.0 Å². The first-order valence-corrected chi connectivity index (χ1v) is 10.1. The van der Waals surface area contributed by atoms with Crippen LogP contribution in [-0.2, 0) is 24.8 Å². The van der Waals surface area contributed by atoms with Crippen LogP contribution in [0.3, 0.4) is 0 Å². The number of aromatic nitrogens is 3. The zero-order valence-corrected chi connectivity index (χ0v) is 17.9. The Morgan fingerprint density at radius 1 is 1.22 bits per heavy atom. The number of nitrogens with zero attached hydrogens (tertiary/aromatic N) is 3. The van der Waals surface area contributed by atoms with Crippen LogP contribution in [0.2, 0.25) is 0 Å². The van der Waals surface area contributed by atoms with Crippen molar-refractivity contribution in [3.8, 4) is 11.6 Å². The van der Waals surface area contributed by atoms with Gasteiger partial charge in [-0.05, 0) is 18.2 Å². The number of aromatic amines is 1. The van der Waals surface area contributed by atoms with Crippen LogP contribution in [0.5, 0.6) is 11.6 Å². The van der Waals surface area contributed by atoms with E-state index in [9.17, 15) is 14.0 Å². The summed E-state index contributed by atoms with van der Waals surface area (Å²) in [5.41, 5.74) is 3.49. The fraction of sp³-hybridized carbons (Fsp3) is 0.261. The zero-order valence-electron chi connectivity index (χ0n) is 17.9. The summed E-state index contributed by atoms with van der Waals surface area (Å²) >= 11 is 0. The summed E-state index contributed by atoms with van der Waals surface area (Å²) in [4.78, 5) is 35.1. The topological polar surface area (TPSA) is 89.4 Å². The number of pyridine rings is 1. The van der Waals surface area contributed by atoms with Crippen molar-refractivity contribution in [3.63, 3.8) is 0 Å². The van der Waals surface area contributed by atoms with E-state index in [1.807, 2.05) is 11.6 Å². The molecular weight excluding hydrogens is 415 g/mol. The van der Waals surface area contributed by atoms with Crippen molar-refractivity contribution >= 4 is 33.5 Å². The number of benzene rings is 1. The molecule has 0 bridgehead atoms. The number of H-pyrrole nitrogens is 1. The highest BCUT2D eigenvalue weighted by Gasteiger charge is 2.32. The van der Waals surface area contributed by atoms with Crippen LogP contribution < -0.4 is 9.47 Å². The number of hydrogen-bond acceptors (Lipinski definition) is 5. The summed E-state index contributed by atoms with van der Waals surface area (Å²) in [6.45, 7) is 0.639. The van der Waals surface area contributed by atoms with E-state index in [2.05, 4.69) is 9.97 Å². The zero-order chi connectivity index (χ0) is 22.6. The van der Waals surface area contributed by atoms with Gasteiger partial charge < -0.3 is 23.9 Å². The fourth-order valence-electron chi connectivity index (χ4n) is 4.57. The monoisotopic (exact) mass is 436 g/mol. The molecule has 4 heterocycles. The van der Waals surface area contributed by atoms with E-state index in [1.54, 1.807) is 6.07 Å². The molecule has 0 spiro atoms. The van der Waals surface area contributed by atoms with E-state index < -0.39 is 11.7 Å². The summed E-state index contributed by atoms with van der Waals surface area (Å²) in [7, 11) is 4.87. The van der Waals surface area contributed by atoms with Crippen molar-refractivity contribution < 1.29 is 23.5 Å².